The number of oxazole rings is 1. The molecule has 2 heterocycles. The molecule has 0 saturated heterocycles. The molecule has 0 bridgehead atoms. The number of rotatable bonds is 8. The number of thiophene rings is 1. The number of nitro groups is 1. The van der Waals surface area contributed by atoms with Gasteiger partial charge < -0.3 is 14.5 Å². The van der Waals surface area contributed by atoms with E-state index in [9.17, 15) is 10.1 Å². The van der Waals surface area contributed by atoms with Gasteiger partial charge in [0, 0.05) is 32.7 Å². The topological polar surface area (TPSA) is 90.4 Å². The molecule has 0 aliphatic heterocycles. The number of ether oxygens (including phenoxy) is 1. The summed E-state index contributed by atoms with van der Waals surface area (Å²) in [5, 5.41) is 13.9. The van der Waals surface area contributed by atoms with Crippen molar-refractivity contribution in [1.82, 2.24) is 10.3 Å². The van der Waals surface area contributed by atoms with Gasteiger partial charge in [-0.05, 0) is 6.07 Å². The Kier molecular flexibility index (Phi) is 5.22. The number of hydrogen-bond acceptors (Lipinski definition) is 7. The van der Waals surface area contributed by atoms with E-state index in [2.05, 4.69) is 10.3 Å². The van der Waals surface area contributed by atoms with Gasteiger partial charge in [-0.15, -0.1) is 0 Å². The van der Waals surface area contributed by atoms with E-state index < -0.39 is 4.92 Å². The van der Waals surface area contributed by atoms with Crippen LogP contribution < -0.4 is 5.32 Å². The standard InChI is InChI=1S/C12H15N3O4S/c1-18-7-6-13-5-4-11-14-8-9(19-11)10-2-3-12(20-10)15(16)17/h2-3,8,13H,4-7H2,1H3. The summed E-state index contributed by atoms with van der Waals surface area (Å²) in [6, 6.07) is 3.14. The molecule has 1 N–H and O–H groups in total. The van der Waals surface area contributed by atoms with Crippen LogP contribution in [0.4, 0.5) is 5.00 Å². The van der Waals surface area contributed by atoms with Crippen LogP contribution in [0.3, 0.4) is 0 Å². The lowest BCUT2D eigenvalue weighted by molar-refractivity contribution is -0.380. The van der Waals surface area contributed by atoms with Gasteiger partial charge in [0.15, 0.2) is 11.7 Å². The maximum absolute atomic E-state index is 10.6. The first kappa shape index (κ1) is 14.6. The molecule has 0 saturated carbocycles. The van der Waals surface area contributed by atoms with Crippen molar-refractivity contribution in [2.45, 2.75) is 6.42 Å². The van der Waals surface area contributed by atoms with Crippen molar-refractivity contribution in [3.05, 3.63) is 34.3 Å². The highest BCUT2D eigenvalue weighted by Crippen LogP contribution is 2.32. The van der Waals surface area contributed by atoms with Crippen molar-refractivity contribution in [1.29, 1.82) is 0 Å². The second-order valence-corrected chi connectivity index (χ2v) is 5.07. The van der Waals surface area contributed by atoms with E-state index >= 15 is 0 Å². The molecule has 2 aromatic rings. The highest BCUT2D eigenvalue weighted by molar-refractivity contribution is 7.18. The van der Waals surface area contributed by atoms with Crippen LogP contribution >= 0.6 is 11.3 Å². The number of hydrogen-bond donors (Lipinski definition) is 1. The van der Waals surface area contributed by atoms with E-state index in [-0.39, 0.29) is 5.00 Å². The minimum Gasteiger partial charge on any atom is -0.440 e. The van der Waals surface area contributed by atoms with Crippen molar-refractivity contribution in [2.75, 3.05) is 26.8 Å². The average molecular weight is 297 g/mol. The van der Waals surface area contributed by atoms with Gasteiger partial charge in [0.2, 0.25) is 0 Å². The second-order valence-electron chi connectivity index (χ2n) is 4.01. The highest BCUT2D eigenvalue weighted by Gasteiger charge is 2.14. The second kappa shape index (κ2) is 7.13. The van der Waals surface area contributed by atoms with Crippen molar-refractivity contribution in [2.24, 2.45) is 0 Å². The Labute approximate surface area is 119 Å². The first-order valence-electron chi connectivity index (χ1n) is 6.09. The Hall–Kier alpha value is -1.77. The molecule has 7 nitrogen and oxygen atoms in total. The molecule has 0 aromatic carbocycles. The summed E-state index contributed by atoms with van der Waals surface area (Å²) in [6.45, 7) is 2.19. The van der Waals surface area contributed by atoms with E-state index in [1.54, 1.807) is 19.4 Å². The lowest BCUT2D eigenvalue weighted by Crippen LogP contribution is -2.21. The molecule has 0 unspecified atom stereocenters. The molecule has 0 aliphatic rings. The van der Waals surface area contributed by atoms with Crippen molar-refractivity contribution < 1.29 is 14.1 Å². The summed E-state index contributed by atoms with van der Waals surface area (Å²) in [4.78, 5) is 15.1. The van der Waals surface area contributed by atoms with Crippen LogP contribution in [0.5, 0.6) is 0 Å². The van der Waals surface area contributed by atoms with Crippen molar-refractivity contribution in [3.63, 3.8) is 0 Å². The Morgan fingerprint density at radius 2 is 2.35 bits per heavy atom. The largest absolute Gasteiger partial charge is 0.440 e. The van der Waals surface area contributed by atoms with Gasteiger partial charge in [0.25, 0.3) is 0 Å². The molecule has 8 heteroatoms. The molecular weight excluding hydrogens is 282 g/mol. The molecule has 0 radical (unpaired) electrons. The zero-order chi connectivity index (χ0) is 14.4. The van der Waals surface area contributed by atoms with Crippen LogP contribution in [0, 0.1) is 10.1 Å². The summed E-state index contributed by atoms with van der Waals surface area (Å²) >= 11 is 1.08. The first-order valence-corrected chi connectivity index (χ1v) is 6.91. The monoisotopic (exact) mass is 297 g/mol. The predicted molar refractivity (Wildman–Crippen MR) is 74.9 cm³/mol. The molecule has 0 fully saturated rings. The maximum Gasteiger partial charge on any atom is 0.324 e. The highest BCUT2D eigenvalue weighted by atomic mass is 32.1. The molecule has 0 spiro atoms. The molecule has 108 valence electrons. The third kappa shape index (κ3) is 3.86. The van der Waals surface area contributed by atoms with E-state index in [0.717, 1.165) is 24.4 Å². The van der Waals surface area contributed by atoms with E-state index in [1.165, 1.54) is 6.07 Å². The lowest BCUT2D eigenvalue weighted by atomic mass is 10.4. The maximum atomic E-state index is 10.6. The minimum absolute atomic E-state index is 0.0965. The normalized spacial score (nSPS) is 10.8. The van der Waals surface area contributed by atoms with Crippen LogP contribution in [0.15, 0.2) is 22.7 Å². The van der Waals surface area contributed by atoms with Gasteiger partial charge in [0.1, 0.15) is 0 Å². The molecular formula is C12H15N3O4S. The zero-order valence-electron chi connectivity index (χ0n) is 11.0. The van der Waals surface area contributed by atoms with E-state index in [1.807, 2.05) is 0 Å². The zero-order valence-corrected chi connectivity index (χ0v) is 11.8. The van der Waals surface area contributed by atoms with Crippen LogP contribution in [-0.4, -0.2) is 36.7 Å². The quantitative estimate of drug-likeness (QED) is 0.456. The van der Waals surface area contributed by atoms with Crippen LogP contribution in [-0.2, 0) is 11.2 Å². The lowest BCUT2D eigenvalue weighted by Gasteiger charge is -2.00. The fourth-order valence-corrected chi connectivity index (χ4v) is 2.36. The summed E-state index contributed by atoms with van der Waals surface area (Å²) in [7, 11) is 1.66. The smallest absolute Gasteiger partial charge is 0.324 e. The Morgan fingerprint density at radius 1 is 1.50 bits per heavy atom. The number of methoxy groups -OCH3 is 1. The molecule has 20 heavy (non-hydrogen) atoms. The number of nitrogens with zero attached hydrogens (tertiary/aromatic N) is 2. The van der Waals surface area contributed by atoms with Crippen molar-refractivity contribution >= 4 is 16.3 Å². The number of aromatic nitrogens is 1. The van der Waals surface area contributed by atoms with Crippen LogP contribution in [0.25, 0.3) is 10.6 Å². The fraction of sp³-hybridized carbons (Fsp3) is 0.417. The van der Waals surface area contributed by atoms with E-state index in [0.29, 0.717) is 29.6 Å². The van der Waals surface area contributed by atoms with Gasteiger partial charge in [-0.1, -0.05) is 11.3 Å². The van der Waals surface area contributed by atoms with Crippen LogP contribution in [0.1, 0.15) is 5.89 Å². The molecule has 2 aromatic heterocycles. The Balaban J connectivity index is 1.89. The van der Waals surface area contributed by atoms with Gasteiger partial charge in [-0.2, -0.15) is 0 Å². The third-order valence-electron chi connectivity index (χ3n) is 2.57. The van der Waals surface area contributed by atoms with Gasteiger partial charge in [-0.25, -0.2) is 4.98 Å². The first-order chi connectivity index (χ1) is 9.70. The fourth-order valence-electron chi connectivity index (χ4n) is 1.59. The average Bonchev–Trinajstić information content (AvgIpc) is 3.07. The molecule has 0 aliphatic carbocycles. The SMILES string of the molecule is COCCNCCc1ncc(-c2ccc([N+](=O)[O-])s2)o1. The van der Waals surface area contributed by atoms with Gasteiger partial charge >= 0.3 is 5.00 Å². The predicted octanol–water partition coefficient (Wildman–Crippen LogP) is 2.09. The van der Waals surface area contributed by atoms with Gasteiger partial charge in [0.05, 0.1) is 22.6 Å². The summed E-state index contributed by atoms with van der Waals surface area (Å²) in [6.07, 6.45) is 2.26. The summed E-state index contributed by atoms with van der Waals surface area (Å²) < 4.78 is 10.5. The Morgan fingerprint density at radius 3 is 3.05 bits per heavy atom. The number of nitrogens with one attached hydrogen (secondary N) is 1. The van der Waals surface area contributed by atoms with Crippen LogP contribution in [0.2, 0.25) is 0 Å². The van der Waals surface area contributed by atoms with Gasteiger partial charge in [-0.3, -0.25) is 10.1 Å². The summed E-state index contributed by atoms with van der Waals surface area (Å²) in [5.41, 5.74) is 0. The third-order valence-corrected chi connectivity index (χ3v) is 3.62. The van der Waals surface area contributed by atoms with E-state index in [4.69, 9.17) is 9.15 Å². The molecule has 2 rings (SSSR count). The Bertz CT molecular complexity index is 567. The molecule has 0 atom stereocenters. The van der Waals surface area contributed by atoms with Crippen molar-refractivity contribution in [3.8, 4) is 10.6 Å². The molecule has 0 amide bonds. The minimum atomic E-state index is -0.412. The summed E-state index contributed by atoms with van der Waals surface area (Å²) in [5.74, 6) is 1.18.